The Hall–Kier alpha value is -1.32. The maximum Gasteiger partial charge on any atom is 0.332 e. The van der Waals surface area contributed by atoms with Gasteiger partial charge in [-0.2, -0.15) is 0 Å². The van der Waals surface area contributed by atoms with Crippen molar-refractivity contribution < 1.29 is 19.8 Å². The van der Waals surface area contributed by atoms with Crippen LogP contribution >= 0.6 is 0 Å². The van der Waals surface area contributed by atoms with Crippen LogP contribution in [-0.4, -0.2) is 22.2 Å². The molecule has 1 rings (SSSR count). The summed E-state index contributed by atoms with van der Waals surface area (Å²) in [5.41, 5.74) is -1.53. The third kappa shape index (κ3) is 2.10. The van der Waals surface area contributed by atoms with Crippen molar-refractivity contribution in [2.45, 2.75) is 39.0 Å². The van der Waals surface area contributed by atoms with E-state index in [9.17, 15) is 14.7 Å². The van der Waals surface area contributed by atoms with Gasteiger partial charge in [0.05, 0.1) is 5.41 Å². The maximum absolute atomic E-state index is 11.3. The van der Waals surface area contributed by atoms with E-state index in [1.807, 2.05) is 0 Å². The minimum Gasteiger partial charge on any atom is -0.481 e. The van der Waals surface area contributed by atoms with Gasteiger partial charge in [-0.1, -0.05) is 25.8 Å². The largest absolute Gasteiger partial charge is 0.481 e. The number of carboxylic acids is 2. The molecule has 0 heterocycles. The molecule has 0 amide bonds. The van der Waals surface area contributed by atoms with Crippen molar-refractivity contribution in [3.63, 3.8) is 0 Å². The first kappa shape index (κ1) is 12.7. The molecule has 0 spiro atoms. The average Bonchev–Trinajstić information content (AvgIpc) is 2.27. The van der Waals surface area contributed by atoms with Gasteiger partial charge >= 0.3 is 11.9 Å². The number of carboxylic acid groups (broad SMARTS) is 2. The van der Waals surface area contributed by atoms with Crippen molar-refractivity contribution in [2.24, 2.45) is 11.3 Å². The quantitative estimate of drug-likeness (QED) is 0.721. The first-order valence-electron chi connectivity index (χ1n) is 5.56. The van der Waals surface area contributed by atoms with E-state index in [2.05, 4.69) is 6.58 Å². The molecular formula is C12H18O4. The standard InChI is InChI=1S/C12H18O4/c1-8(10(13)14)12(2,11(15)16)9-6-4-3-5-7-9/h9H,1,3-7H2,2H3,(H,13,14)(H,15,16). The summed E-state index contributed by atoms with van der Waals surface area (Å²) in [4.78, 5) is 22.3. The normalized spacial score (nSPS) is 21.1. The van der Waals surface area contributed by atoms with E-state index in [0.29, 0.717) is 0 Å². The highest BCUT2D eigenvalue weighted by Crippen LogP contribution is 2.43. The molecule has 1 fully saturated rings. The average molecular weight is 226 g/mol. The molecule has 2 N–H and O–H groups in total. The van der Waals surface area contributed by atoms with Gasteiger partial charge < -0.3 is 10.2 Å². The Kier molecular flexibility index (Phi) is 3.73. The summed E-state index contributed by atoms with van der Waals surface area (Å²) in [6, 6.07) is 0. The van der Waals surface area contributed by atoms with Crippen LogP contribution in [0.2, 0.25) is 0 Å². The Morgan fingerprint density at radius 1 is 1.19 bits per heavy atom. The summed E-state index contributed by atoms with van der Waals surface area (Å²) >= 11 is 0. The van der Waals surface area contributed by atoms with E-state index < -0.39 is 17.4 Å². The van der Waals surface area contributed by atoms with Crippen molar-refractivity contribution in [1.82, 2.24) is 0 Å². The van der Waals surface area contributed by atoms with Gasteiger partial charge in [-0.15, -0.1) is 0 Å². The minimum atomic E-state index is -1.33. The summed E-state index contributed by atoms with van der Waals surface area (Å²) < 4.78 is 0. The van der Waals surface area contributed by atoms with E-state index in [1.54, 1.807) is 0 Å². The highest BCUT2D eigenvalue weighted by molar-refractivity contribution is 5.95. The second kappa shape index (κ2) is 4.68. The van der Waals surface area contributed by atoms with Crippen LogP contribution in [0.4, 0.5) is 0 Å². The molecule has 1 atom stereocenters. The molecule has 0 radical (unpaired) electrons. The Bertz CT molecular complexity index is 315. The van der Waals surface area contributed by atoms with Crippen LogP contribution in [-0.2, 0) is 9.59 Å². The zero-order valence-electron chi connectivity index (χ0n) is 9.53. The lowest BCUT2D eigenvalue weighted by molar-refractivity contribution is -0.152. The van der Waals surface area contributed by atoms with Gasteiger partial charge in [0.15, 0.2) is 0 Å². The molecule has 1 aliphatic rings. The lowest BCUT2D eigenvalue weighted by Crippen LogP contribution is -2.40. The van der Waals surface area contributed by atoms with Gasteiger partial charge in [0, 0.05) is 5.57 Å². The fraction of sp³-hybridized carbons (Fsp3) is 0.667. The fourth-order valence-corrected chi connectivity index (χ4v) is 2.45. The summed E-state index contributed by atoms with van der Waals surface area (Å²) in [6.45, 7) is 4.93. The van der Waals surface area contributed by atoms with E-state index in [1.165, 1.54) is 6.92 Å². The molecule has 1 saturated carbocycles. The van der Waals surface area contributed by atoms with Crippen LogP contribution in [0.3, 0.4) is 0 Å². The topological polar surface area (TPSA) is 74.6 Å². The SMILES string of the molecule is C=C(C(=O)O)C(C)(C(=O)O)C1CCCCC1. The maximum atomic E-state index is 11.3. The van der Waals surface area contributed by atoms with E-state index in [0.717, 1.165) is 32.1 Å². The zero-order valence-corrected chi connectivity index (χ0v) is 9.53. The Balaban J connectivity index is 2.99. The molecule has 16 heavy (non-hydrogen) atoms. The number of carbonyl (C=O) groups is 2. The van der Waals surface area contributed by atoms with Gasteiger partial charge in [-0.3, -0.25) is 4.79 Å². The lowest BCUT2D eigenvalue weighted by atomic mass is 9.66. The zero-order chi connectivity index (χ0) is 12.3. The molecule has 0 bridgehead atoms. The molecule has 1 unspecified atom stereocenters. The van der Waals surface area contributed by atoms with Crippen molar-refractivity contribution in [3.05, 3.63) is 12.2 Å². The van der Waals surface area contributed by atoms with E-state index >= 15 is 0 Å². The van der Waals surface area contributed by atoms with Crippen LogP contribution in [0.15, 0.2) is 12.2 Å². The van der Waals surface area contributed by atoms with Crippen LogP contribution in [0.1, 0.15) is 39.0 Å². The predicted molar refractivity (Wildman–Crippen MR) is 59.1 cm³/mol. The van der Waals surface area contributed by atoms with Crippen molar-refractivity contribution in [1.29, 1.82) is 0 Å². The molecule has 4 heteroatoms. The van der Waals surface area contributed by atoms with Crippen LogP contribution < -0.4 is 0 Å². The molecule has 1 aliphatic carbocycles. The summed E-state index contributed by atoms with van der Waals surface area (Å²) in [5, 5.41) is 18.2. The minimum absolute atomic E-state index is 0.109. The van der Waals surface area contributed by atoms with Crippen LogP contribution in [0.5, 0.6) is 0 Å². The summed E-state index contributed by atoms with van der Waals surface area (Å²) in [6.07, 6.45) is 4.59. The number of hydrogen-bond acceptors (Lipinski definition) is 2. The summed E-state index contributed by atoms with van der Waals surface area (Å²) in [5.74, 6) is -2.40. The molecule has 0 saturated heterocycles. The smallest absolute Gasteiger partial charge is 0.332 e. The predicted octanol–water partition coefficient (Wildman–Crippen LogP) is 2.30. The first-order valence-corrected chi connectivity index (χ1v) is 5.56. The Labute approximate surface area is 95.0 Å². The van der Waals surface area contributed by atoms with Gasteiger partial charge in [0.25, 0.3) is 0 Å². The van der Waals surface area contributed by atoms with Gasteiger partial charge in [0.2, 0.25) is 0 Å². The summed E-state index contributed by atoms with van der Waals surface area (Å²) in [7, 11) is 0. The van der Waals surface area contributed by atoms with E-state index in [4.69, 9.17) is 5.11 Å². The lowest BCUT2D eigenvalue weighted by Gasteiger charge is -2.36. The van der Waals surface area contributed by atoms with Crippen LogP contribution in [0.25, 0.3) is 0 Å². The third-order valence-corrected chi connectivity index (χ3v) is 3.75. The fourth-order valence-electron chi connectivity index (χ4n) is 2.45. The number of rotatable bonds is 4. The first-order chi connectivity index (χ1) is 7.40. The number of aliphatic carboxylic acids is 2. The van der Waals surface area contributed by atoms with Crippen molar-refractivity contribution in [2.75, 3.05) is 0 Å². The molecule has 4 nitrogen and oxygen atoms in total. The van der Waals surface area contributed by atoms with Gasteiger partial charge in [-0.25, -0.2) is 4.79 Å². The van der Waals surface area contributed by atoms with Crippen molar-refractivity contribution in [3.8, 4) is 0 Å². The molecule has 0 aromatic carbocycles. The van der Waals surface area contributed by atoms with Crippen molar-refractivity contribution >= 4 is 11.9 Å². The monoisotopic (exact) mass is 226 g/mol. The Morgan fingerprint density at radius 2 is 1.69 bits per heavy atom. The number of hydrogen-bond donors (Lipinski definition) is 2. The third-order valence-electron chi connectivity index (χ3n) is 3.75. The highest BCUT2D eigenvalue weighted by Gasteiger charge is 2.46. The molecule has 0 aromatic rings. The second-order valence-corrected chi connectivity index (χ2v) is 4.63. The van der Waals surface area contributed by atoms with Gasteiger partial charge in [0.1, 0.15) is 0 Å². The van der Waals surface area contributed by atoms with E-state index in [-0.39, 0.29) is 11.5 Å². The molecule has 0 aromatic heterocycles. The molecule has 0 aliphatic heterocycles. The van der Waals surface area contributed by atoms with Crippen LogP contribution in [0, 0.1) is 11.3 Å². The van der Waals surface area contributed by atoms with Gasteiger partial charge in [-0.05, 0) is 25.7 Å². The second-order valence-electron chi connectivity index (χ2n) is 4.63. The highest BCUT2D eigenvalue weighted by atomic mass is 16.4. The Morgan fingerprint density at radius 3 is 2.06 bits per heavy atom. The molecule has 90 valence electrons. The molecular weight excluding hydrogens is 208 g/mol.